The van der Waals surface area contributed by atoms with Crippen molar-refractivity contribution < 1.29 is 19.1 Å². The van der Waals surface area contributed by atoms with E-state index in [9.17, 15) is 14.4 Å². The highest BCUT2D eigenvalue weighted by Gasteiger charge is 2.36. The molecule has 2 aliphatic rings. The Labute approximate surface area is 175 Å². The van der Waals surface area contributed by atoms with Gasteiger partial charge in [0.25, 0.3) is 11.8 Å². The van der Waals surface area contributed by atoms with Crippen LogP contribution in [-0.2, 0) is 27.4 Å². The van der Waals surface area contributed by atoms with Crippen LogP contribution in [0.15, 0.2) is 42.0 Å². The van der Waals surface area contributed by atoms with Gasteiger partial charge in [-0.05, 0) is 50.0 Å². The van der Waals surface area contributed by atoms with Crippen LogP contribution in [0.4, 0.5) is 4.79 Å². The summed E-state index contributed by atoms with van der Waals surface area (Å²) in [5, 5.41) is 2.28. The van der Waals surface area contributed by atoms with Crippen LogP contribution in [0.1, 0.15) is 35.4 Å². The molecule has 7 heteroatoms. The topological polar surface area (TPSA) is 80.6 Å². The standard InChI is InChI=1S/C23H25N3O4/c1-15-11-18(16(2)25(15)14-19-9-6-10-30-19)12-20-21(27)24-23(29)26(22(20)28)13-17-7-4-3-5-8-17/h3-5,7-8,11-12,19H,6,9-10,13-14H2,1-2H3,(H,24,27,29)/b20-12+/t19-/m1/s1. The van der Waals surface area contributed by atoms with Gasteiger partial charge in [0.2, 0.25) is 0 Å². The minimum atomic E-state index is -0.699. The van der Waals surface area contributed by atoms with Crippen LogP contribution >= 0.6 is 0 Å². The first kappa shape index (κ1) is 20.1. The highest BCUT2D eigenvalue weighted by Crippen LogP contribution is 2.24. The number of imide groups is 2. The maximum absolute atomic E-state index is 13.0. The molecular weight excluding hydrogens is 382 g/mol. The second kappa shape index (κ2) is 8.28. The average molecular weight is 407 g/mol. The van der Waals surface area contributed by atoms with Gasteiger partial charge in [0.1, 0.15) is 5.57 Å². The molecule has 0 spiro atoms. The number of carbonyl (C=O) groups is 3. The van der Waals surface area contributed by atoms with E-state index in [1.807, 2.05) is 50.2 Å². The van der Waals surface area contributed by atoms with Gasteiger partial charge in [-0.1, -0.05) is 30.3 Å². The van der Waals surface area contributed by atoms with Gasteiger partial charge in [0.15, 0.2) is 0 Å². The Bertz CT molecular complexity index is 1020. The van der Waals surface area contributed by atoms with Crippen LogP contribution < -0.4 is 5.32 Å². The number of carbonyl (C=O) groups excluding carboxylic acids is 3. The highest BCUT2D eigenvalue weighted by atomic mass is 16.5. The zero-order chi connectivity index (χ0) is 21.3. The third-order valence-corrected chi connectivity index (χ3v) is 5.69. The van der Waals surface area contributed by atoms with Crippen molar-refractivity contribution in [2.75, 3.05) is 6.61 Å². The maximum atomic E-state index is 13.0. The third-order valence-electron chi connectivity index (χ3n) is 5.69. The van der Waals surface area contributed by atoms with Gasteiger partial charge >= 0.3 is 6.03 Å². The Kier molecular flexibility index (Phi) is 5.55. The highest BCUT2D eigenvalue weighted by molar-refractivity contribution is 6.31. The van der Waals surface area contributed by atoms with Crippen molar-refractivity contribution in [3.05, 3.63) is 64.5 Å². The summed E-state index contributed by atoms with van der Waals surface area (Å²) in [4.78, 5) is 38.7. The number of urea groups is 1. The van der Waals surface area contributed by atoms with E-state index in [1.165, 1.54) is 0 Å². The lowest BCUT2D eigenvalue weighted by molar-refractivity contribution is -0.130. The minimum absolute atomic E-state index is 0.0390. The van der Waals surface area contributed by atoms with Crippen LogP contribution in [0.3, 0.4) is 0 Å². The molecule has 3 heterocycles. The molecule has 0 radical (unpaired) electrons. The molecule has 30 heavy (non-hydrogen) atoms. The molecule has 0 saturated carbocycles. The predicted molar refractivity (Wildman–Crippen MR) is 111 cm³/mol. The lowest BCUT2D eigenvalue weighted by Gasteiger charge is -2.26. The van der Waals surface area contributed by atoms with E-state index in [-0.39, 0.29) is 18.2 Å². The Morgan fingerprint density at radius 1 is 1.17 bits per heavy atom. The second-order valence-electron chi connectivity index (χ2n) is 7.77. The van der Waals surface area contributed by atoms with Crippen molar-refractivity contribution in [3.63, 3.8) is 0 Å². The Hall–Kier alpha value is -3.19. The molecule has 2 aromatic rings. The Morgan fingerprint density at radius 3 is 2.63 bits per heavy atom. The van der Waals surface area contributed by atoms with E-state index in [0.717, 1.165) is 53.4 Å². The summed E-state index contributed by atoms with van der Waals surface area (Å²) in [7, 11) is 0. The first-order chi connectivity index (χ1) is 14.4. The fourth-order valence-electron chi connectivity index (χ4n) is 4.01. The molecule has 2 fully saturated rings. The van der Waals surface area contributed by atoms with E-state index < -0.39 is 17.8 Å². The molecule has 0 aliphatic carbocycles. The van der Waals surface area contributed by atoms with Crippen molar-refractivity contribution in [1.29, 1.82) is 0 Å². The molecule has 2 aliphatic heterocycles. The van der Waals surface area contributed by atoms with E-state index in [4.69, 9.17) is 4.74 Å². The van der Waals surface area contributed by atoms with Crippen LogP contribution in [0.25, 0.3) is 6.08 Å². The van der Waals surface area contributed by atoms with Gasteiger partial charge in [-0.25, -0.2) is 4.79 Å². The molecule has 156 valence electrons. The van der Waals surface area contributed by atoms with Crippen molar-refractivity contribution in [1.82, 2.24) is 14.8 Å². The molecular formula is C23H25N3O4. The first-order valence-corrected chi connectivity index (χ1v) is 10.1. The number of amides is 4. The number of hydrogen-bond donors (Lipinski definition) is 1. The van der Waals surface area contributed by atoms with Gasteiger partial charge in [-0.2, -0.15) is 0 Å². The number of rotatable bonds is 5. The fourth-order valence-corrected chi connectivity index (χ4v) is 4.01. The number of barbiturate groups is 1. The van der Waals surface area contributed by atoms with Crippen molar-refractivity contribution >= 4 is 23.9 Å². The summed E-state index contributed by atoms with van der Waals surface area (Å²) >= 11 is 0. The van der Waals surface area contributed by atoms with Gasteiger partial charge in [-0.15, -0.1) is 0 Å². The summed E-state index contributed by atoms with van der Waals surface area (Å²) in [6, 6.07) is 10.5. The number of ether oxygens (including phenoxy) is 1. The van der Waals surface area contributed by atoms with Crippen LogP contribution in [0, 0.1) is 13.8 Å². The van der Waals surface area contributed by atoms with Crippen LogP contribution in [-0.4, -0.2) is 40.0 Å². The summed E-state index contributed by atoms with van der Waals surface area (Å²) < 4.78 is 7.90. The van der Waals surface area contributed by atoms with Crippen LogP contribution in [0.5, 0.6) is 0 Å². The predicted octanol–water partition coefficient (Wildman–Crippen LogP) is 2.95. The zero-order valence-electron chi connectivity index (χ0n) is 17.2. The number of aromatic nitrogens is 1. The molecule has 4 amide bonds. The van der Waals surface area contributed by atoms with E-state index >= 15 is 0 Å². The lowest BCUT2D eigenvalue weighted by atomic mass is 10.1. The van der Waals surface area contributed by atoms with E-state index in [2.05, 4.69) is 9.88 Å². The molecule has 2 saturated heterocycles. The quantitative estimate of drug-likeness (QED) is 0.610. The molecule has 1 aromatic carbocycles. The van der Waals surface area contributed by atoms with Gasteiger partial charge in [-0.3, -0.25) is 19.8 Å². The van der Waals surface area contributed by atoms with Crippen molar-refractivity contribution in [2.24, 2.45) is 0 Å². The van der Waals surface area contributed by atoms with Gasteiger partial charge in [0.05, 0.1) is 12.6 Å². The third kappa shape index (κ3) is 3.93. The number of nitrogens with one attached hydrogen (secondary N) is 1. The van der Waals surface area contributed by atoms with E-state index in [0.29, 0.717) is 0 Å². The van der Waals surface area contributed by atoms with Crippen molar-refractivity contribution in [2.45, 2.75) is 45.9 Å². The zero-order valence-corrected chi connectivity index (χ0v) is 17.2. The molecule has 1 N–H and O–H groups in total. The smallest absolute Gasteiger partial charge is 0.331 e. The molecule has 1 aromatic heterocycles. The summed E-state index contributed by atoms with van der Waals surface area (Å²) in [5.74, 6) is -1.25. The van der Waals surface area contributed by atoms with Crippen molar-refractivity contribution in [3.8, 4) is 0 Å². The second-order valence-corrected chi connectivity index (χ2v) is 7.77. The Morgan fingerprint density at radius 2 is 1.93 bits per heavy atom. The maximum Gasteiger partial charge on any atom is 0.331 e. The minimum Gasteiger partial charge on any atom is -0.376 e. The normalized spacial score (nSPS) is 20.9. The summed E-state index contributed by atoms with van der Waals surface area (Å²) in [6.45, 7) is 5.61. The number of nitrogens with zero attached hydrogens (tertiary/aromatic N) is 2. The molecule has 0 bridgehead atoms. The van der Waals surface area contributed by atoms with Gasteiger partial charge < -0.3 is 9.30 Å². The number of benzene rings is 1. The van der Waals surface area contributed by atoms with E-state index in [1.54, 1.807) is 6.08 Å². The summed E-state index contributed by atoms with van der Waals surface area (Å²) in [5.41, 5.74) is 3.56. The largest absolute Gasteiger partial charge is 0.376 e. The van der Waals surface area contributed by atoms with Crippen LogP contribution in [0.2, 0.25) is 0 Å². The average Bonchev–Trinajstić information content (AvgIpc) is 3.33. The van der Waals surface area contributed by atoms with Gasteiger partial charge in [0, 0.05) is 24.5 Å². The molecule has 0 unspecified atom stereocenters. The fraction of sp³-hybridized carbons (Fsp3) is 0.348. The first-order valence-electron chi connectivity index (χ1n) is 10.1. The molecule has 7 nitrogen and oxygen atoms in total. The molecule has 4 rings (SSSR count). The lowest BCUT2D eigenvalue weighted by Crippen LogP contribution is -2.53. The SMILES string of the molecule is Cc1cc(/C=C2\C(=O)NC(=O)N(Cc3ccccc3)C2=O)c(C)n1C[C@H]1CCCO1. The number of hydrogen-bond acceptors (Lipinski definition) is 4. The summed E-state index contributed by atoms with van der Waals surface area (Å²) in [6.07, 6.45) is 3.87. The number of aryl methyl sites for hydroxylation is 1. The Balaban J connectivity index is 1.61. The molecule has 1 atom stereocenters. The monoisotopic (exact) mass is 407 g/mol.